The Morgan fingerprint density at radius 2 is 1.56 bits per heavy atom. The van der Waals surface area contributed by atoms with E-state index in [1.54, 1.807) is 13.8 Å². The van der Waals surface area contributed by atoms with Gasteiger partial charge in [0.1, 0.15) is 12.2 Å². The van der Waals surface area contributed by atoms with Gasteiger partial charge >= 0.3 is 0 Å². The van der Waals surface area contributed by atoms with Gasteiger partial charge in [-0.15, -0.1) is 0 Å². The van der Waals surface area contributed by atoms with Crippen LogP contribution >= 0.6 is 0 Å². The summed E-state index contributed by atoms with van der Waals surface area (Å²) in [5.41, 5.74) is 2.97. The molecular weight excluding hydrogens is 406 g/mol. The first-order valence-electron chi connectivity index (χ1n) is 11.7. The minimum atomic E-state index is -0.531. The summed E-state index contributed by atoms with van der Waals surface area (Å²) in [7, 11) is 0. The molecule has 2 amide bonds. The van der Waals surface area contributed by atoms with Crippen LogP contribution in [0.2, 0.25) is 0 Å². The molecule has 1 heterocycles. The van der Waals surface area contributed by atoms with Crippen molar-refractivity contribution in [1.82, 2.24) is 4.98 Å². The van der Waals surface area contributed by atoms with E-state index >= 15 is 0 Å². The van der Waals surface area contributed by atoms with Crippen molar-refractivity contribution >= 4 is 34.1 Å². The summed E-state index contributed by atoms with van der Waals surface area (Å²) in [5, 5.41) is 6.70. The maximum Gasteiger partial charge on any atom is 0.253 e. The maximum absolute atomic E-state index is 12.7. The van der Waals surface area contributed by atoms with Crippen molar-refractivity contribution in [3.63, 3.8) is 0 Å². The van der Waals surface area contributed by atoms with Crippen molar-refractivity contribution in [2.45, 2.75) is 65.1 Å². The monoisotopic (exact) mass is 439 g/mol. The lowest BCUT2D eigenvalue weighted by Crippen LogP contribution is -2.29. The van der Waals surface area contributed by atoms with Gasteiger partial charge in [0, 0.05) is 16.8 Å². The molecule has 0 aliphatic heterocycles. The first-order valence-corrected chi connectivity index (χ1v) is 11.7. The van der Waals surface area contributed by atoms with Gasteiger partial charge in [-0.25, -0.2) is 0 Å². The Kier molecular flexibility index (Phi) is 7.06. The molecule has 0 unspecified atom stereocenters. The van der Waals surface area contributed by atoms with Gasteiger partial charge in [-0.05, 0) is 82.1 Å². The molecule has 4 rings (SSSR count). The van der Waals surface area contributed by atoms with E-state index in [1.807, 2.05) is 31.2 Å². The second kappa shape index (κ2) is 9.96. The summed E-state index contributed by atoms with van der Waals surface area (Å²) in [5.74, 6) is 0.833. The molecule has 2 N–H and O–H groups in total. The Bertz CT molecular complexity index is 985. The number of fused-ring (bicyclic) bond motifs is 1. The maximum atomic E-state index is 12.7. The fourth-order valence-electron chi connectivity index (χ4n) is 3.40. The molecule has 32 heavy (non-hydrogen) atoms. The minimum absolute atomic E-state index is 0.184. The number of amides is 2. The van der Waals surface area contributed by atoms with E-state index in [4.69, 9.17) is 9.47 Å². The molecule has 0 bridgehead atoms. The molecule has 1 aromatic carbocycles. The average Bonchev–Trinajstić information content (AvgIpc) is 3.70. The molecule has 0 spiro atoms. The predicted molar refractivity (Wildman–Crippen MR) is 125 cm³/mol. The number of anilines is 2. The largest absolute Gasteiger partial charge is 0.368 e. The topological polar surface area (TPSA) is 89.6 Å². The van der Waals surface area contributed by atoms with E-state index in [-0.39, 0.29) is 11.8 Å². The Balaban J connectivity index is 1.48. The lowest BCUT2D eigenvalue weighted by molar-refractivity contribution is -0.127. The zero-order chi connectivity index (χ0) is 22.7. The Hall–Kier alpha value is -2.51. The summed E-state index contributed by atoms with van der Waals surface area (Å²) in [4.78, 5) is 29.9. The van der Waals surface area contributed by atoms with Crippen molar-refractivity contribution in [2.24, 2.45) is 11.8 Å². The van der Waals surface area contributed by atoms with E-state index in [2.05, 4.69) is 15.6 Å². The van der Waals surface area contributed by atoms with E-state index in [1.165, 1.54) is 25.7 Å². The Morgan fingerprint density at radius 3 is 2.12 bits per heavy atom. The van der Waals surface area contributed by atoms with Crippen LogP contribution in [0.15, 0.2) is 24.3 Å². The highest BCUT2D eigenvalue weighted by Gasteiger charge is 2.25. The third-order valence-electron chi connectivity index (χ3n) is 6.05. The zero-order valence-electron chi connectivity index (χ0n) is 19.1. The molecule has 7 nitrogen and oxygen atoms in total. The lowest BCUT2D eigenvalue weighted by Gasteiger charge is -2.17. The lowest BCUT2D eigenvalue weighted by atomic mass is 10.1. The van der Waals surface area contributed by atoms with E-state index in [0.29, 0.717) is 36.4 Å². The number of rotatable bonds is 11. The van der Waals surface area contributed by atoms with Crippen molar-refractivity contribution in [1.29, 1.82) is 0 Å². The number of aryl methyl sites for hydroxylation is 1. The van der Waals surface area contributed by atoms with Crippen LogP contribution in [-0.2, 0) is 25.5 Å². The fourth-order valence-corrected chi connectivity index (χ4v) is 3.40. The van der Waals surface area contributed by atoms with Crippen LogP contribution in [0, 0.1) is 11.8 Å². The second-order valence-corrected chi connectivity index (χ2v) is 9.06. The van der Waals surface area contributed by atoms with Crippen LogP contribution in [0.3, 0.4) is 0 Å². The van der Waals surface area contributed by atoms with Crippen LogP contribution in [0.4, 0.5) is 11.4 Å². The Morgan fingerprint density at radius 1 is 0.969 bits per heavy atom. The Labute approximate surface area is 189 Å². The highest BCUT2D eigenvalue weighted by molar-refractivity contribution is 6.04. The summed E-state index contributed by atoms with van der Waals surface area (Å²) >= 11 is 0. The zero-order valence-corrected chi connectivity index (χ0v) is 19.1. The molecule has 7 heteroatoms. The van der Waals surface area contributed by atoms with Gasteiger partial charge in [0.05, 0.1) is 24.4 Å². The smallest absolute Gasteiger partial charge is 0.253 e. The average molecular weight is 440 g/mol. The van der Waals surface area contributed by atoms with Crippen LogP contribution < -0.4 is 10.6 Å². The van der Waals surface area contributed by atoms with Gasteiger partial charge in [0.25, 0.3) is 11.8 Å². The van der Waals surface area contributed by atoms with Gasteiger partial charge < -0.3 is 20.1 Å². The molecule has 0 radical (unpaired) electrons. The van der Waals surface area contributed by atoms with Crippen LogP contribution in [0.5, 0.6) is 0 Å². The van der Waals surface area contributed by atoms with Crippen molar-refractivity contribution < 1.29 is 19.1 Å². The second-order valence-electron chi connectivity index (χ2n) is 9.06. The van der Waals surface area contributed by atoms with Crippen molar-refractivity contribution in [3.8, 4) is 0 Å². The van der Waals surface area contributed by atoms with E-state index < -0.39 is 12.2 Å². The van der Waals surface area contributed by atoms with Gasteiger partial charge in [-0.3, -0.25) is 14.6 Å². The number of carbonyl (C=O) groups excluding carboxylic acids is 2. The van der Waals surface area contributed by atoms with Gasteiger partial charge in [0.2, 0.25) is 0 Å². The highest BCUT2D eigenvalue weighted by atomic mass is 16.5. The predicted octanol–water partition coefficient (Wildman–Crippen LogP) is 4.30. The van der Waals surface area contributed by atoms with Gasteiger partial charge in [0.15, 0.2) is 0 Å². The van der Waals surface area contributed by atoms with Crippen LogP contribution in [0.25, 0.3) is 10.9 Å². The number of carbonyl (C=O) groups is 2. The highest BCUT2D eigenvalue weighted by Crippen LogP contribution is 2.31. The first-order chi connectivity index (χ1) is 15.4. The molecule has 172 valence electrons. The molecule has 0 saturated heterocycles. The number of aromatic nitrogens is 1. The number of nitrogens with one attached hydrogen (secondary N) is 2. The molecule has 2 fully saturated rings. The van der Waals surface area contributed by atoms with Gasteiger partial charge in [-0.2, -0.15) is 0 Å². The molecule has 1 aromatic heterocycles. The summed E-state index contributed by atoms with van der Waals surface area (Å²) in [6.07, 6.45) is 4.44. The molecule has 2 aliphatic rings. The molecule has 2 saturated carbocycles. The fraction of sp³-hybridized carbons (Fsp3) is 0.560. The number of pyridine rings is 1. The van der Waals surface area contributed by atoms with E-state index in [9.17, 15) is 9.59 Å². The summed E-state index contributed by atoms with van der Waals surface area (Å²) in [6.45, 7) is 6.83. The number of ether oxygens (including phenoxy) is 2. The molecular formula is C25H33N3O4. The quantitative estimate of drug-likeness (QED) is 0.545. The number of benzene rings is 1. The number of nitrogens with zero attached hydrogens (tertiary/aromatic N) is 1. The standard InChI is InChI=1S/C25H33N3O4/c1-4-19-12-23(28-25(30)16(3)32-14-18-7-8-18)21-11-20(9-10-22(21)26-19)27-24(29)15(2)31-13-17-5-6-17/h9-12,15-18H,4-8,13-14H2,1-3H3,(H,27,29)(H,26,28,30)/t15-,16-/m0/s1. The minimum Gasteiger partial charge on any atom is -0.368 e. The van der Waals surface area contributed by atoms with Gasteiger partial charge in [-0.1, -0.05) is 6.92 Å². The third-order valence-corrected chi connectivity index (χ3v) is 6.05. The molecule has 2 aliphatic carbocycles. The van der Waals surface area contributed by atoms with Crippen molar-refractivity contribution in [3.05, 3.63) is 30.0 Å². The number of hydrogen-bond acceptors (Lipinski definition) is 5. The first kappa shape index (κ1) is 22.7. The summed E-state index contributed by atoms with van der Waals surface area (Å²) in [6, 6.07) is 7.43. The van der Waals surface area contributed by atoms with Crippen molar-refractivity contribution in [2.75, 3.05) is 23.8 Å². The van der Waals surface area contributed by atoms with E-state index in [0.717, 1.165) is 23.0 Å². The summed E-state index contributed by atoms with van der Waals surface area (Å²) < 4.78 is 11.4. The third kappa shape index (κ3) is 6.04. The van der Waals surface area contributed by atoms with Crippen LogP contribution in [-0.4, -0.2) is 42.2 Å². The molecule has 2 atom stereocenters. The SMILES string of the molecule is CCc1cc(NC(=O)[C@H](C)OCC2CC2)c2cc(NC(=O)[C@H](C)OCC3CC3)ccc2n1. The molecule has 2 aromatic rings. The van der Waals surface area contributed by atoms with Crippen LogP contribution in [0.1, 0.15) is 52.1 Å². The number of hydrogen-bond donors (Lipinski definition) is 2. The normalized spacial score (nSPS) is 17.7.